The summed E-state index contributed by atoms with van der Waals surface area (Å²) in [5.74, 6) is 0.455. The van der Waals surface area contributed by atoms with Crippen molar-refractivity contribution in [1.82, 2.24) is 9.71 Å². The van der Waals surface area contributed by atoms with E-state index in [4.69, 9.17) is 4.74 Å². The normalized spacial score (nSPS) is 27.1. The molecule has 1 N–H and O–H groups in total. The van der Waals surface area contributed by atoms with Crippen molar-refractivity contribution in [1.29, 1.82) is 0 Å². The minimum Gasteiger partial charge on any atom is -0.489 e. The predicted molar refractivity (Wildman–Crippen MR) is 124 cm³/mol. The molecule has 0 bridgehead atoms. The van der Waals surface area contributed by atoms with Crippen LogP contribution >= 0.6 is 0 Å². The number of carbonyl (C=O) groups is 1. The highest BCUT2D eigenvalue weighted by molar-refractivity contribution is 7.84. The molecule has 2 fully saturated rings. The number of benzene rings is 2. The number of amides is 1. The van der Waals surface area contributed by atoms with E-state index in [9.17, 15) is 22.2 Å². The number of nitrogens with one attached hydrogen (secondary N) is 1. The molecule has 1 spiro atoms. The van der Waals surface area contributed by atoms with Crippen LogP contribution in [0.4, 0.5) is 13.2 Å². The van der Waals surface area contributed by atoms with E-state index in [1.165, 1.54) is 18.3 Å². The van der Waals surface area contributed by atoms with Crippen LogP contribution in [0.2, 0.25) is 0 Å². The number of pyridine rings is 1. The Morgan fingerprint density at radius 1 is 1.06 bits per heavy atom. The molecule has 1 saturated heterocycles. The molecule has 1 amide bonds. The lowest BCUT2D eigenvalue weighted by molar-refractivity contribution is -0.140. The average Bonchev–Trinajstić information content (AvgIpc) is 3.21. The Kier molecular flexibility index (Phi) is 5.03. The zero-order valence-corrected chi connectivity index (χ0v) is 19.3. The molecule has 3 aromatic rings. The maximum absolute atomic E-state index is 13.6. The Labute approximate surface area is 202 Å². The third-order valence-electron chi connectivity index (χ3n) is 7.28. The fraction of sp³-hybridized carbons (Fsp3) is 0.308. The van der Waals surface area contributed by atoms with Crippen molar-refractivity contribution in [2.45, 2.75) is 48.6 Å². The van der Waals surface area contributed by atoms with E-state index in [1.807, 2.05) is 36.4 Å². The van der Waals surface area contributed by atoms with Crippen LogP contribution < -0.4 is 9.46 Å². The first kappa shape index (κ1) is 22.3. The molecule has 2 heterocycles. The van der Waals surface area contributed by atoms with E-state index in [1.54, 1.807) is 6.07 Å². The molecule has 180 valence electrons. The van der Waals surface area contributed by atoms with E-state index in [0.717, 1.165) is 29.5 Å². The van der Waals surface area contributed by atoms with Gasteiger partial charge in [0.05, 0.1) is 5.25 Å². The van der Waals surface area contributed by atoms with Crippen LogP contribution in [0.25, 0.3) is 11.1 Å². The lowest BCUT2D eigenvalue weighted by atomic mass is 9.92. The third-order valence-corrected chi connectivity index (χ3v) is 8.66. The Bertz CT molecular complexity index is 1360. The number of aromatic nitrogens is 1. The lowest BCUT2D eigenvalue weighted by Gasteiger charge is -2.16. The first-order valence-corrected chi connectivity index (χ1v) is 12.6. The van der Waals surface area contributed by atoms with Crippen molar-refractivity contribution in [2.24, 2.45) is 0 Å². The van der Waals surface area contributed by atoms with Crippen molar-refractivity contribution >= 4 is 16.9 Å². The van der Waals surface area contributed by atoms with Gasteiger partial charge in [-0.25, -0.2) is 4.21 Å². The maximum atomic E-state index is 13.6. The number of hydrogen-bond acceptors (Lipinski definition) is 4. The predicted octanol–water partition coefficient (Wildman–Crippen LogP) is 5.03. The van der Waals surface area contributed by atoms with Gasteiger partial charge in [-0.05, 0) is 59.7 Å². The molecule has 9 heteroatoms. The summed E-state index contributed by atoms with van der Waals surface area (Å²) in [4.78, 5) is 15.1. The Balaban J connectivity index is 1.24. The largest absolute Gasteiger partial charge is 0.489 e. The second-order valence-electron chi connectivity index (χ2n) is 9.28. The third kappa shape index (κ3) is 3.73. The minimum absolute atomic E-state index is 0.0651. The van der Waals surface area contributed by atoms with Crippen molar-refractivity contribution < 1.29 is 26.9 Å². The molecule has 3 aliphatic rings. The van der Waals surface area contributed by atoms with Gasteiger partial charge >= 0.3 is 6.18 Å². The highest BCUT2D eigenvalue weighted by Gasteiger charge is 2.60. The summed E-state index contributed by atoms with van der Waals surface area (Å²) >= 11 is 0. The topological polar surface area (TPSA) is 68.3 Å². The van der Waals surface area contributed by atoms with E-state index in [2.05, 4.69) is 9.71 Å². The quantitative estimate of drug-likeness (QED) is 0.548. The van der Waals surface area contributed by atoms with Gasteiger partial charge in [-0.2, -0.15) is 13.2 Å². The summed E-state index contributed by atoms with van der Waals surface area (Å²) in [5.41, 5.74) is 2.44. The molecule has 35 heavy (non-hydrogen) atoms. The summed E-state index contributed by atoms with van der Waals surface area (Å²) in [6.45, 7) is 0. The molecule has 2 aromatic carbocycles. The van der Waals surface area contributed by atoms with Gasteiger partial charge in [0, 0.05) is 23.6 Å². The number of hydrogen-bond donors (Lipinski definition) is 1. The molecule has 2 aliphatic carbocycles. The van der Waals surface area contributed by atoms with Gasteiger partial charge in [-0.1, -0.05) is 36.4 Å². The first-order chi connectivity index (χ1) is 16.8. The summed E-state index contributed by atoms with van der Waals surface area (Å²) in [7, 11) is -1.42. The second kappa shape index (κ2) is 7.91. The van der Waals surface area contributed by atoms with Crippen LogP contribution in [0, 0.1) is 0 Å². The Hall–Kier alpha value is -3.20. The first-order valence-electron chi connectivity index (χ1n) is 11.4. The lowest BCUT2D eigenvalue weighted by Crippen LogP contribution is -2.15. The highest BCUT2D eigenvalue weighted by Crippen LogP contribution is 2.59. The Morgan fingerprint density at radius 2 is 1.83 bits per heavy atom. The van der Waals surface area contributed by atoms with Crippen molar-refractivity contribution in [3.8, 4) is 16.9 Å². The van der Waals surface area contributed by atoms with E-state index >= 15 is 0 Å². The zero-order valence-electron chi connectivity index (χ0n) is 18.5. The number of carbonyl (C=O) groups excluding carboxylic acids is 1. The SMILES string of the molecule is O=C1CC(c2ccc(OC3C[C@]34CCc3c(-c5cccnc5C(F)(F)F)cccc34)cc2)S(=O)N1. The summed E-state index contributed by atoms with van der Waals surface area (Å²) < 4.78 is 61.5. The van der Waals surface area contributed by atoms with Gasteiger partial charge in [0.15, 0.2) is 5.69 Å². The molecule has 5 nitrogen and oxygen atoms in total. The molecule has 6 rings (SSSR count). The Morgan fingerprint density at radius 3 is 2.54 bits per heavy atom. The number of ether oxygens (including phenoxy) is 1. The average molecular weight is 499 g/mol. The van der Waals surface area contributed by atoms with Crippen molar-refractivity contribution in [3.63, 3.8) is 0 Å². The molecule has 0 radical (unpaired) electrons. The zero-order chi connectivity index (χ0) is 24.4. The van der Waals surface area contributed by atoms with Crippen LogP contribution in [0.5, 0.6) is 5.75 Å². The summed E-state index contributed by atoms with van der Waals surface area (Å²) in [6, 6.07) is 15.9. The molecule has 1 aromatic heterocycles. The smallest absolute Gasteiger partial charge is 0.433 e. The van der Waals surface area contributed by atoms with Crippen LogP contribution in [0.1, 0.15) is 46.9 Å². The van der Waals surface area contributed by atoms with Gasteiger partial charge in [0.1, 0.15) is 22.8 Å². The molecular weight excluding hydrogens is 477 g/mol. The van der Waals surface area contributed by atoms with Gasteiger partial charge < -0.3 is 4.74 Å². The van der Waals surface area contributed by atoms with Crippen molar-refractivity contribution in [3.05, 3.63) is 83.2 Å². The standard InChI is InChI=1S/C26H21F3N2O3S/c27-26(28,29)24-19(4-2-12-30-24)17-3-1-5-20-18(17)10-11-25(20)14-22(25)34-16-8-6-15(7-9-16)21-13-23(32)31-35(21)33/h1-9,12,21-22H,10-11,13-14H2,(H,31,32)/t21?,22?,25-,35?/m0/s1. The maximum Gasteiger partial charge on any atom is 0.433 e. The monoisotopic (exact) mass is 498 g/mol. The van der Waals surface area contributed by atoms with Crippen LogP contribution in [-0.2, 0) is 33.8 Å². The number of nitrogens with zero attached hydrogens (tertiary/aromatic N) is 1. The van der Waals surface area contributed by atoms with Gasteiger partial charge in [0.25, 0.3) is 0 Å². The number of rotatable bonds is 4. The summed E-state index contributed by atoms with van der Waals surface area (Å²) in [6.07, 6.45) is -0.915. The fourth-order valence-electron chi connectivity index (χ4n) is 5.51. The van der Waals surface area contributed by atoms with Crippen molar-refractivity contribution in [2.75, 3.05) is 0 Å². The van der Waals surface area contributed by atoms with E-state index in [-0.39, 0.29) is 34.7 Å². The van der Waals surface area contributed by atoms with Crippen LogP contribution in [-0.4, -0.2) is 21.2 Å². The van der Waals surface area contributed by atoms with Crippen LogP contribution in [0.3, 0.4) is 0 Å². The summed E-state index contributed by atoms with van der Waals surface area (Å²) in [5, 5.41) is -0.363. The van der Waals surface area contributed by atoms with E-state index in [0.29, 0.717) is 17.7 Å². The van der Waals surface area contributed by atoms with Crippen LogP contribution in [0.15, 0.2) is 60.8 Å². The molecule has 4 atom stereocenters. The molecular formula is C26H21F3N2O3S. The minimum atomic E-state index is -4.53. The van der Waals surface area contributed by atoms with E-state index < -0.39 is 22.9 Å². The highest BCUT2D eigenvalue weighted by atomic mass is 32.2. The van der Waals surface area contributed by atoms with Gasteiger partial charge in [-0.3, -0.25) is 14.5 Å². The number of fused-ring (bicyclic) bond motifs is 2. The second-order valence-corrected chi connectivity index (χ2v) is 10.6. The molecule has 1 saturated carbocycles. The molecule has 3 unspecified atom stereocenters. The van der Waals surface area contributed by atoms with Gasteiger partial charge in [0.2, 0.25) is 5.91 Å². The number of halogens is 3. The fourth-order valence-corrected chi connectivity index (χ4v) is 6.67. The molecule has 1 aliphatic heterocycles. The van der Waals surface area contributed by atoms with Gasteiger partial charge in [-0.15, -0.1) is 0 Å². The number of alkyl halides is 3.